The van der Waals surface area contributed by atoms with Crippen molar-refractivity contribution >= 4 is 5.97 Å². The molecule has 98 valence electrons. The maximum absolute atomic E-state index is 11.5. The van der Waals surface area contributed by atoms with E-state index in [1.54, 1.807) is 6.08 Å². The highest BCUT2D eigenvalue weighted by atomic mass is 16.5. The van der Waals surface area contributed by atoms with Gasteiger partial charge in [0.1, 0.15) is 6.61 Å². The topological polar surface area (TPSA) is 46.5 Å². The molecule has 0 rings (SSSR count). The van der Waals surface area contributed by atoms with E-state index in [-0.39, 0.29) is 12.6 Å². The molecule has 0 saturated heterocycles. The number of aliphatic hydroxyl groups excluding tert-OH is 1. The largest absolute Gasteiger partial charge is 0.461 e. The normalized spacial score (nSPS) is 13.1. The van der Waals surface area contributed by atoms with E-state index in [1.165, 1.54) is 0 Å². The summed E-state index contributed by atoms with van der Waals surface area (Å²) in [5.74, 6) is -0.176. The zero-order valence-electron chi connectivity index (χ0n) is 11.3. The van der Waals surface area contributed by atoms with Gasteiger partial charge in [-0.1, -0.05) is 18.2 Å². The number of unbranched alkanes of at least 4 members (excludes halogenated alkanes) is 1. The van der Waals surface area contributed by atoms with Crippen LogP contribution in [0.2, 0.25) is 0 Å². The van der Waals surface area contributed by atoms with Gasteiger partial charge in [0, 0.05) is 0 Å². The van der Waals surface area contributed by atoms with Crippen molar-refractivity contribution in [2.24, 2.45) is 5.41 Å². The molecule has 17 heavy (non-hydrogen) atoms. The van der Waals surface area contributed by atoms with Crippen molar-refractivity contribution in [3.8, 4) is 0 Å². The average molecular weight is 240 g/mol. The summed E-state index contributed by atoms with van der Waals surface area (Å²) in [6.07, 6.45) is 7.51. The maximum atomic E-state index is 11.5. The number of hydrogen-bond donors (Lipinski definition) is 1. The summed E-state index contributed by atoms with van der Waals surface area (Å²) in [5.41, 5.74) is 0.615. The summed E-state index contributed by atoms with van der Waals surface area (Å²) in [6.45, 7) is 7.92. The second-order valence-electron chi connectivity index (χ2n) is 5.11. The highest BCUT2D eigenvalue weighted by Crippen LogP contribution is 2.15. The van der Waals surface area contributed by atoms with Gasteiger partial charge in [0.25, 0.3) is 0 Å². The Morgan fingerprint density at radius 2 is 1.88 bits per heavy atom. The molecule has 0 bridgehead atoms. The summed E-state index contributed by atoms with van der Waals surface area (Å²) < 4.78 is 5.18. The van der Waals surface area contributed by atoms with Crippen LogP contribution in [0, 0.1) is 5.41 Å². The molecule has 0 aromatic carbocycles. The summed E-state index contributed by atoms with van der Waals surface area (Å²) in [5, 5.41) is 8.54. The van der Waals surface area contributed by atoms with Gasteiger partial charge in [0.05, 0.1) is 12.0 Å². The van der Waals surface area contributed by atoms with E-state index < -0.39 is 5.41 Å². The van der Waals surface area contributed by atoms with E-state index in [9.17, 15) is 4.79 Å². The standard InChI is InChI=1S/C14H24O3/c1-12(9-7-5-6-8-10-15)11-17-13(16)14(2,3)4/h6,8-9,15H,5,7,10-11H2,1-4H3/b8-6+,12-9+. The van der Waals surface area contributed by atoms with Crippen molar-refractivity contribution < 1.29 is 14.6 Å². The second kappa shape index (κ2) is 8.07. The summed E-state index contributed by atoms with van der Waals surface area (Å²) in [7, 11) is 0. The van der Waals surface area contributed by atoms with E-state index in [4.69, 9.17) is 9.84 Å². The molecular formula is C14H24O3. The predicted molar refractivity (Wildman–Crippen MR) is 69.6 cm³/mol. The van der Waals surface area contributed by atoms with Crippen LogP contribution in [0.3, 0.4) is 0 Å². The molecule has 3 nitrogen and oxygen atoms in total. The quantitative estimate of drug-likeness (QED) is 0.441. The van der Waals surface area contributed by atoms with Crippen LogP contribution in [-0.2, 0) is 9.53 Å². The Kier molecular flexibility index (Phi) is 7.55. The number of carbonyl (C=O) groups is 1. The van der Waals surface area contributed by atoms with Crippen LogP contribution in [0.25, 0.3) is 0 Å². The minimum absolute atomic E-state index is 0.0892. The molecule has 0 unspecified atom stereocenters. The van der Waals surface area contributed by atoms with Gasteiger partial charge in [-0.25, -0.2) is 0 Å². The number of esters is 1. The number of rotatable bonds is 6. The molecule has 0 aromatic heterocycles. The molecule has 0 aliphatic carbocycles. The van der Waals surface area contributed by atoms with Crippen LogP contribution in [0.1, 0.15) is 40.5 Å². The number of aliphatic hydroxyl groups is 1. The van der Waals surface area contributed by atoms with Crippen molar-refractivity contribution in [2.45, 2.75) is 40.5 Å². The van der Waals surface area contributed by atoms with Crippen LogP contribution >= 0.6 is 0 Å². The van der Waals surface area contributed by atoms with Gasteiger partial charge in [-0.05, 0) is 46.1 Å². The van der Waals surface area contributed by atoms with Crippen LogP contribution in [-0.4, -0.2) is 24.3 Å². The highest BCUT2D eigenvalue weighted by Gasteiger charge is 2.22. The number of carbonyl (C=O) groups excluding carboxylic acids is 1. The van der Waals surface area contributed by atoms with Gasteiger partial charge in [0.2, 0.25) is 0 Å². The van der Waals surface area contributed by atoms with Crippen LogP contribution in [0.15, 0.2) is 23.8 Å². The van der Waals surface area contributed by atoms with Crippen LogP contribution < -0.4 is 0 Å². The maximum Gasteiger partial charge on any atom is 0.311 e. The minimum atomic E-state index is -0.440. The van der Waals surface area contributed by atoms with E-state index in [1.807, 2.05) is 33.8 Å². The van der Waals surface area contributed by atoms with Crippen LogP contribution in [0.4, 0.5) is 0 Å². The molecule has 0 spiro atoms. The number of allylic oxidation sites excluding steroid dienone is 2. The zero-order chi connectivity index (χ0) is 13.3. The van der Waals surface area contributed by atoms with Crippen LogP contribution in [0.5, 0.6) is 0 Å². The first-order chi connectivity index (χ1) is 7.88. The molecule has 0 aliphatic rings. The molecule has 3 heteroatoms. The Morgan fingerprint density at radius 1 is 1.24 bits per heavy atom. The van der Waals surface area contributed by atoms with Gasteiger partial charge < -0.3 is 9.84 Å². The molecule has 0 atom stereocenters. The third-order valence-electron chi connectivity index (χ3n) is 2.14. The molecule has 0 aliphatic heterocycles. The second-order valence-corrected chi connectivity index (χ2v) is 5.11. The molecule has 0 saturated carbocycles. The fourth-order valence-corrected chi connectivity index (χ4v) is 1.07. The lowest BCUT2D eigenvalue weighted by Crippen LogP contribution is -2.23. The van der Waals surface area contributed by atoms with Gasteiger partial charge in [0.15, 0.2) is 0 Å². The van der Waals surface area contributed by atoms with E-state index in [0.717, 1.165) is 18.4 Å². The van der Waals surface area contributed by atoms with Crippen molar-refractivity contribution in [1.82, 2.24) is 0 Å². The Balaban J connectivity index is 3.86. The van der Waals surface area contributed by atoms with Gasteiger partial charge >= 0.3 is 5.97 Å². The first kappa shape index (κ1) is 15.9. The Hall–Kier alpha value is -1.09. The predicted octanol–water partition coefficient (Wildman–Crippen LogP) is 2.85. The Labute approximate surface area is 104 Å². The molecule has 1 N–H and O–H groups in total. The molecule has 0 radical (unpaired) electrons. The lowest BCUT2D eigenvalue weighted by atomic mass is 9.97. The smallest absolute Gasteiger partial charge is 0.311 e. The van der Waals surface area contributed by atoms with Gasteiger partial charge in [-0.3, -0.25) is 4.79 Å². The number of ether oxygens (including phenoxy) is 1. The Bertz CT molecular complexity index is 282. The van der Waals surface area contributed by atoms with Crippen molar-refractivity contribution in [3.05, 3.63) is 23.8 Å². The van der Waals surface area contributed by atoms with E-state index >= 15 is 0 Å². The third kappa shape index (κ3) is 8.69. The molecule has 0 heterocycles. The van der Waals surface area contributed by atoms with Crippen molar-refractivity contribution in [2.75, 3.05) is 13.2 Å². The molecule has 0 amide bonds. The third-order valence-corrected chi connectivity index (χ3v) is 2.14. The monoisotopic (exact) mass is 240 g/mol. The lowest BCUT2D eigenvalue weighted by Gasteiger charge is -2.16. The van der Waals surface area contributed by atoms with E-state index in [0.29, 0.717) is 6.61 Å². The SMILES string of the molecule is C/C(=C\CC/C=C/CO)COC(=O)C(C)(C)C. The molecule has 0 fully saturated rings. The van der Waals surface area contributed by atoms with Crippen molar-refractivity contribution in [1.29, 1.82) is 0 Å². The first-order valence-electron chi connectivity index (χ1n) is 5.96. The summed E-state index contributed by atoms with van der Waals surface area (Å²) in [6, 6.07) is 0. The fourth-order valence-electron chi connectivity index (χ4n) is 1.07. The fraction of sp³-hybridized carbons (Fsp3) is 0.643. The van der Waals surface area contributed by atoms with Gasteiger partial charge in [-0.2, -0.15) is 0 Å². The van der Waals surface area contributed by atoms with E-state index in [2.05, 4.69) is 6.08 Å². The zero-order valence-corrected chi connectivity index (χ0v) is 11.3. The lowest BCUT2D eigenvalue weighted by molar-refractivity contribution is -0.151. The minimum Gasteiger partial charge on any atom is -0.461 e. The Morgan fingerprint density at radius 3 is 2.41 bits per heavy atom. The summed E-state index contributed by atoms with van der Waals surface area (Å²) >= 11 is 0. The average Bonchev–Trinajstić information content (AvgIpc) is 2.24. The van der Waals surface area contributed by atoms with Gasteiger partial charge in [-0.15, -0.1) is 0 Å². The molecule has 0 aromatic rings. The van der Waals surface area contributed by atoms with Crippen molar-refractivity contribution in [3.63, 3.8) is 0 Å². The highest BCUT2D eigenvalue weighted by molar-refractivity contribution is 5.75. The first-order valence-corrected chi connectivity index (χ1v) is 5.96. The summed E-state index contributed by atoms with van der Waals surface area (Å²) in [4.78, 5) is 11.5. The molecular weight excluding hydrogens is 216 g/mol. The number of hydrogen-bond acceptors (Lipinski definition) is 3.